The molecule has 1 saturated heterocycles. The van der Waals surface area contributed by atoms with E-state index >= 15 is 0 Å². The number of carbonyl (C=O) groups excluding carboxylic acids is 3. The molecule has 0 radical (unpaired) electrons. The number of esters is 1. The summed E-state index contributed by atoms with van der Waals surface area (Å²) >= 11 is 0. The van der Waals surface area contributed by atoms with E-state index in [0.29, 0.717) is 11.4 Å². The molecular weight excluding hydrogens is 312 g/mol. The first-order valence-electron chi connectivity index (χ1n) is 7.81. The molecule has 1 aliphatic rings. The summed E-state index contributed by atoms with van der Waals surface area (Å²) in [6.07, 6.45) is 0.0582. The molecule has 24 heavy (non-hydrogen) atoms. The highest BCUT2D eigenvalue weighted by Crippen LogP contribution is 2.32. The zero-order chi connectivity index (χ0) is 17.7. The van der Waals surface area contributed by atoms with Crippen LogP contribution in [0, 0.1) is 5.92 Å². The van der Waals surface area contributed by atoms with Gasteiger partial charge >= 0.3 is 5.97 Å². The fraction of sp³-hybridized carbons (Fsp3) is 0.471. The molecule has 7 nitrogen and oxygen atoms in total. The molecule has 1 aromatic rings. The van der Waals surface area contributed by atoms with Gasteiger partial charge in [-0.05, 0) is 26.0 Å². The summed E-state index contributed by atoms with van der Waals surface area (Å²) in [6.45, 7) is 3.52. The van der Waals surface area contributed by atoms with Gasteiger partial charge in [0, 0.05) is 19.0 Å². The molecule has 1 fully saturated rings. The van der Waals surface area contributed by atoms with E-state index in [4.69, 9.17) is 9.47 Å². The molecule has 0 spiro atoms. The number of nitrogens with one attached hydrogen (secondary N) is 1. The third-order valence-corrected chi connectivity index (χ3v) is 3.63. The highest BCUT2D eigenvalue weighted by molar-refractivity contribution is 6.00. The van der Waals surface area contributed by atoms with Crippen LogP contribution in [-0.2, 0) is 19.1 Å². The van der Waals surface area contributed by atoms with Gasteiger partial charge in [0.25, 0.3) is 5.91 Å². The monoisotopic (exact) mass is 334 g/mol. The predicted octanol–water partition coefficient (Wildman–Crippen LogP) is 1.12. The van der Waals surface area contributed by atoms with E-state index in [1.165, 1.54) is 12.0 Å². The topological polar surface area (TPSA) is 84.9 Å². The van der Waals surface area contributed by atoms with E-state index in [-0.39, 0.29) is 37.4 Å². The van der Waals surface area contributed by atoms with Crippen molar-refractivity contribution in [3.8, 4) is 5.75 Å². The Bertz CT molecular complexity index is 629. The molecule has 1 atom stereocenters. The lowest BCUT2D eigenvalue weighted by Gasteiger charge is -2.19. The number of carbonyl (C=O) groups is 3. The van der Waals surface area contributed by atoms with Crippen LogP contribution in [0.1, 0.15) is 20.3 Å². The first-order valence-corrected chi connectivity index (χ1v) is 7.81. The molecular formula is C17H22N2O5. The third kappa shape index (κ3) is 4.24. The average molecular weight is 334 g/mol. The van der Waals surface area contributed by atoms with Crippen LogP contribution < -0.4 is 15.0 Å². The summed E-state index contributed by atoms with van der Waals surface area (Å²) in [4.78, 5) is 37.4. The van der Waals surface area contributed by atoms with Crippen molar-refractivity contribution in [1.29, 1.82) is 0 Å². The quantitative estimate of drug-likeness (QED) is 0.788. The van der Waals surface area contributed by atoms with Gasteiger partial charge in [-0.1, -0.05) is 12.1 Å². The maximum Gasteiger partial charge on any atom is 0.311 e. The first-order chi connectivity index (χ1) is 11.4. The van der Waals surface area contributed by atoms with Gasteiger partial charge in [-0.2, -0.15) is 0 Å². The van der Waals surface area contributed by atoms with Gasteiger partial charge < -0.3 is 19.7 Å². The molecule has 1 heterocycles. The molecule has 2 amide bonds. The highest BCUT2D eigenvalue weighted by atomic mass is 16.5. The van der Waals surface area contributed by atoms with Crippen LogP contribution in [-0.4, -0.2) is 44.1 Å². The fourth-order valence-electron chi connectivity index (χ4n) is 2.57. The van der Waals surface area contributed by atoms with E-state index in [0.717, 1.165) is 0 Å². The van der Waals surface area contributed by atoms with E-state index in [1.54, 1.807) is 18.2 Å². The molecule has 1 aromatic carbocycles. The molecule has 0 saturated carbocycles. The Morgan fingerprint density at radius 3 is 2.71 bits per heavy atom. The maximum atomic E-state index is 12.2. The van der Waals surface area contributed by atoms with E-state index in [2.05, 4.69) is 5.32 Å². The normalized spacial score (nSPS) is 17.1. The molecule has 0 bridgehead atoms. The van der Waals surface area contributed by atoms with Crippen molar-refractivity contribution in [3.05, 3.63) is 24.3 Å². The number of para-hydroxylation sites is 2. The van der Waals surface area contributed by atoms with Crippen LogP contribution in [0.25, 0.3) is 0 Å². The van der Waals surface area contributed by atoms with Crippen molar-refractivity contribution in [2.75, 3.05) is 25.2 Å². The lowest BCUT2D eigenvalue weighted by atomic mass is 10.1. The molecule has 1 N–H and O–H groups in total. The number of hydrogen-bond donors (Lipinski definition) is 1. The van der Waals surface area contributed by atoms with Crippen LogP contribution in [0.5, 0.6) is 5.75 Å². The summed E-state index contributed by atoms with van der Waals surface area (Å²) in [5.41, 5.74) is 0.623. The minimum atomic E-state index is -0.589. The van der Waals surface area contributed by atoms with E-state index < -0.39 is 11.9 Å². The molecule has 0 unspecified atom stereocenters. The average Bonchev–Trinajstić information content (AvgIpc) is 2.93. The molecule has 1 aliphatic heterocycles. The third-order valence-electron chi connectivity index (χ3n) is 3.63. The Morgan fingerprint density at radius 1 is 1.33 bits per heavy atom. The van der Waals surface area contributed by atoms with Crippen molar-refractivity contribution < 1.29 is 23.9 Å². The largest absolute Gasteiger partial charge is 0.495 e. The van der Waals surface area contributed by atoms with Crippen molar-refractivity contribution in [2.24, 2.45) is 5.92 Å². The van der Waals surface area contributed by atoms with E-state index in [1.807, 2.05) is 19.9 Å². The standard InChI is InChI=1S/C17H22N2O5/c1-11(2)18-15(20)10-24-17(22)12-8-16(21)19(9-12)13-6-4-5-7-14(13)23-3/h4-7,11-12H,8-10H2,1-3H3,(H,18,20)/t12-/m0/s1. The summed E-state index contributed by atoms with van der Waals surface area (Å²) in [5.74, 6) is -1.09. The van der Waals surface area contributed by atoms with Gasteiger partial charge in [0.2, 0.25) is 5.91 Å². The Kier molecular flexibility index (Phi) is 5.78. The van der Waals surface area contributed by atoms with Crippen LogP contribution in [0.15, 0.2) is 24.3 Å². The number of ether oxygens (including phenoxy) is 2. The number of hydrogen-bond acceptors (Lipinski definition) is 5. The van der Waals surface area contributed by atoms with Gasteiger partial charge in [0.1, 0.15) is 5.75 Å². The van der Waals surface area contributed by atoms with Gasteiger partial charge in [-0.15, -0.1) is 0 Å². The van der Waals surface area contributed by atoms with Gasteiger partial charge in [0.15, 0.2) is 6.61 Å². The molecule has 0 aromatic heterocycles. The smallest absolute Gasteiger partial charge is 0.311 e. The number of anilines is 1. The van der Waals surface area contributed by atoms with E-state index in [9.17, 15) is 14.4 Å². The van der Waals surface area contributed by atoms with Crippen molar-refractivity contribution in [1.82, 2.24) is 5.32 Å². The second-order valence-corrected chi connectivity index (χ2v) is 5.91. The Morgan fingerprint density at radius 2 is 2.04 bits per heavy atom. The first kappa shape index (κ1) is 17.8. The predicted molar refractivity (Wildman–Crippen MR) is 87.7 cm³/mol. The van der Waals surface area contributed by atoms with Crippen molar-refractivity contribution in [3.63, 3.8) is 0 Å². The molecule has 2 rings (SSSR count). The molecule has 130 valence electrons. The fourth-order valence-corrected chi connectivity index (χ4v) is 2.57. The number of nitrogens with zero attached hydrogens (tertiary/aromatic N) is 1. The minimum absolute atomic E-state index is 0.0229. The van der Waals surface area contributed by atoms with Gasteiger partial charge in [-0.25, -0.2) is 0 Å². The van der Waals surface area contributed by atoms with Crippen molar-refractivity contribution >= 4 is 23.5 Å². The summed E-state index contributed by atoms with van der Waals surface area (Å²) in [5, 5.41) is 2.64. The second-order valence-electron chi connectivity index (χ2n) is 5.91. The van der Waals surface area contributed by atoms with Gasteiger partial charge in [-0.3, -0.25) is 14.4 Å². The van der Waals surface area contributed by atoms with Crippen LogP contribution in [0.4, 0.5) is 5.69 Å². The molecule has 0 aliphatic carbocycles. The number of benzene rings is 1. The second kappa shape index (κ2) is 7.81. The van der Waals surface area contributed by atoms with Crippen LogP contribution in [0.3, 0.4) is 0 Å². The SMILES string of the molecule is COc1ccccc1N1C[C@@H](C(=O)OCC(=O)NC(C)C)CC1=O. The minimum Gasteiger partial charge on any atom is -0.495 e. The Labute approximate surface area is 140 Å². The molecule has 7 heteroatoms. The summed E-state index contributed by atoms with van der Waals surface area (Å²) in [7, 11) is 1.53. The number of methoxy groups -OCH3 is 1. The summed E-state index contributed by atoms with van der Waals surface area (Å²) in [6, 6.07) is 7.10. The number of rotatable bonds is 6. The number of amides is 2. The van der Waals surface area contributed by atoms with Crippen LogP contribution >= 0.6 is 0 Å². The zero-order valence-electron chi connectivity index (χ0n) is 14.1. The lowest BCUT2D eigenvalue weighted by Crippen LogP contribution is -2.35. The lowest BCUT2D eigenvalue weighted by molar-refractivity contribution is -0.152. The summed E-state index contributed by atoms with van der Waals surface area (Å²) < 4.78 is 10.3. The van der Waals surface area contributed by atoms with Gasteiger partial charge in [0.05, 0.1) is 18.7 Å². The zero-order valence-corrected chi connectivity index (χ0v) is 14.1. The Hall–Kier alpha value is -2.57. The Balaban J connectivity index is 1.96. The highest BCUT2D eigenvalue weighted by Gasteiger charge is 2.37. The maximum absolute atomic E-state index is 12.2. The van der Waals surface area contributed by atoms with Crippen molar-refractivity contribution in [2.45, 2.75) is 26.3 Å². The van der Waals surface area contributed by atoms with Crippen LogP contribution in [0.2, 0.25) is 0 Å².